The van der Waals surface area contributed by atoms with Crippen LogP contribution in [0.25, 0.3) is 0 Å². The number of anilines is 3. The molecule has 0 heterocycles. The number of nitrogens with one attached hydrogen (secondary N) is 1. The first-order chi connectivity index (χ1) is 9.88. The zero-order chi connectivity index (χ0) is 15.6. The fourth-order valence-electron chi connectivity index (χ4n) is 2.04. The van der Waals surface area contributed by atoms with Crippen LogP contribution in [0.3, 0.4) is 0 Å². The third-order valence-corrected chi connectivity index (χ3v) is 3.43. The van der Waals surface area contributed by atoms with Crippen molar-refractivity contribution in [3.8, 4) is 0 Å². The van der Waals surface area contributed by atoms with Crippen LogP contribution >= 0.6 is 11.6 Å². The maximum absolute atomic E-state index is 12.5. The highest BCUT2D eigenvalue weighted by molar-refractivity contribution is 6.31. The lowest BCUT2D eigenvalue weighted by atomic mass is 10.1. The number of hydrogen-bond donors (Lipinski definition) is 2. The number of nitrogens with two attached hydrogens (primary N) is 1. The molecule has 110 valence electrons. The van der Waals surface area contributed by atoms with E-state index in [4.69, 9.17) is 17.3 Å². The molecular weight excluding hydrogens is 286 g/mol. The molecule has 0 radical (unpaired) electrons. The van der Waals surface area contributed by atoms with Crippen molar-refractivity contribution in [1.29, 1.82) is 0 Å². The molecule has 2 aromatic rings. The second-order valence-electron chi connectivity index (χ2n) is 5.08. The standard InChI is InChI=1S/C16H18ClN3O/c1-10-4-5-11(17)8-14(10)19-16(21)13-9-12(18)6-7-15(13)20(2)3/h4-9H,18H2,1-3H3,(H,19,21). The van der Waals surface area contributed by atoms with E-state index in [0.29, 0.717) is 22.0 Å². The number of nitrogen functional groups attached to an aromatic ring is 1. The lowest BCUT2D eigenvalue weighted by Gasteiger charge is -2.18. The lowest BCUT2D eigenvalue weighted by Crippen LogP contribution is -2.19. The average molecular weight is 304 g/mol. The summed E-state index contributed by atoms with van der Waals surface area (Å²) in [4.78, 5) is 14.4. The van der Waals surface area contributed by atoms with Crippen LogP contribution in [0.15, 0.2) is 36.4 Å². The maximum Gasteiger partial charge on any atom is 0.257 e. The number of halogens is 1. The molecule has 5 heteroatoms. The van der Waals surface area contributed by atoms with Crippen molar-refractivity contribution in [2.45, 2.75) is 6.92 Å². The summed E-state index contributed by atoms with van der Waals surface area (Å²) in [6.45, 7) is 1.91. The molecule has 0 atom stereocenters. The molecule has 3 N–H and O–H groups in total. The fraction of sp³-hybridized carbons (Fsp3) is 0.188. The van der Waals surface area contributed by atoms with Crippen LogP contribution in [0.4, 0.5) is 17.1 Å². The maximum atomic E-state index is 12.5. The topological polar surface area (TPSA) is 58.4 Å². The number of rotatable bonds is 3. The van der Waals surface area contributed by atoms with Crippen LogP contribution in [0.5, 0.6) is 0 Å². The first-order valence-corrected chi connectivity index (χ1v) is 6.90. The Hall–Kier alpha value is -2.20. The molecule has 0 saturated heterocycles. The van der Waals surface area contributed by atoms with Crippen molar-refractivity contribution in [3.05, 3.63) is 52.5 Å². The minimum Gasteiger partial charge on any atom is -0.399 e. The van der Waals surface area contributed by atoms with Crippen LogP contribution in [0.2, 0.25) is 5.02 Å². The first kappa shape index (κ1) is 15.2. The number of amides is 1. The molecule has 1 amide bonds. The highest BCUT2D eigenvalue weighted by atomic mass is 35.5. The quantitative estimate of drug-likeness (QED) is 0.853. The van der Waals surface area contributed by atoms with Gasteiger partial charge in [-0.05, 0) is 42.8 Å². The van der Waals surface area contributed by atoms with E-state index in [1.54, 1.807) is 24.3 Å². The minimum atomic E-state index is -0.212. The SMILES string of the molecule is Cc1ccc(Cl)cc1NC(=O)c1cc(N)ccc1N(C)C. The Bertz CT molecular complexity index is 683. The third kappa shape index (κ3) is 3.47. The molecule has 0 spiro atoms. The molecule has 21 heavy (non-hydrogen) atoms. The molecule has 0 bridgehead atoms. The van der Waals surface area contributed by atoms with Gasteiger partial charge in [0.1, 0.15) is 0 Å². The Morgan fingerprint density at radius 2 is 1.90 bits per heavy atom. The molecular formula is C16H18ClN3O. The molecule has 0 aliphatic rings. The third-order valence-electron chi connectivity index (χ3n) is 3.19. The van der Waals surface area contributed by atoms with Crippen molar-refractivity contribution in [2.75, 3.05) is 30.0 Å². The van der Waals surface area contributed by atoms with Crippen molar-refractivity contribution in [1.82, 2.24) is 0 Å². The molecule has 0 aliphatic heterocycles. The number of benzene rings is 2. The fourth-order valence-corrected chi connectivity index (χ4v) is 2.22. The van der Waals surface area contributed by atoms with Crippen LogP contribution < -0.4 is 16.0 Å². The van der Waals surface area contributed by atoms with E-state index in [2.05, 4.69) is 5.32 Å². The highest BCUT2D eigenvalue weighted by Gasteiger charge is 2.14. The summed E-state index contributed by atoms with van der Waals surface area (Å²) in [5.74, 6) is -0.212. The number of hydrogen-bond acceptors (Lipinski definition) is 3. The predicted molar refractivity (Wildman–Crippen MR) is 89.3 cm³/mol. The molecule has 2 rings (SSSR count). The summed E-state index contributed by atoms with van der Waals surface area (Å²) in [5.41, 5.74) is 9.32. The summed E-state index contributed by atoms with van der Waals surface area (Å²) in [6, 6.07) is 10.7. The zero-order valence-electron chi connectivity index (χ0n) is 12.3. The van der Waals surface area contributed by atoms with Gasteiger partial charge in [-0.1, -0.05) is 17.7 Å². The molecule has 4 nitrogen and oxygen atoms in total. The largest absolute Gasteiger partial charge is 0.399 e. The Labute approximate surface area is 129 Å². The van der Waals surface area contributed by atoms with E-state index in [-0.39, 0.29) is 5.91 Å². The molecule has 0 aliphatic carbocycles. The smallest absolute Gasteiger partial charge is 0.257 e. The van der Waals surface area contributed by atoms with Crippen LogP contribution in [-0.4, -0.2) is 20.0 Å². The van der Waals surface area contributed by atoms with Crippen molar-refractivity contribution < 1.29 is 4.79 Å². The number of carbonyl (C=O) groups is 1. The first-order valence-electron chi connectivity index (χ1n) is 6.53. The van der Waals surface area contributed by atoms with Gasteiger partial charge >= 0.3 is 0 Å². The number of carbonyl (C=O) groups excluding carboxylic acids is 1. The van der Waals surface area contributed by atoms with Gasteiger partial charge in [0.05, 0.1) is 5.56 Å². The Morgan fingerprint density at radius 3 is 2.57 bits per heavy atom. The molecule has 2 aromatic carbocycles. The van der Waals surface area contributed by atoms with Gasteiger partial charge in [-0.15, -0.1) is 0 Å². The van der Waals surface area contributed by atoms with Gasteiger partial charge in [0, 0.05) is 36.2 Å². The van der Waals surface area contributed by atoms with Crippen LogP contribution in [-0.2, 0) is 0 Å². The molecule has 0 aromatic heterocycles. The van der Waals surface area contributed by atoms with E-state index < -0.39 is 0 Å². The van der Waals surface area contributed by atoms with E-state index >= 15 is 0 Å². The van der Waals surface area contributed by atoms with Crippen LogP contribution in [0, 0.1) is 6.92 Å². The summed E-state index contributed by atoms with van der Waals surface area (Å²) >= 11 is 5.97. The van der Waals surface area contributed by atoms with Gasteiger partial charge in [0.15, 0.2) is 0 Å². The van der Waals surface area contributed by atoms with Gasteiger partial charge in [-0.2, -0.15) is 0 Å². The highest BCUT2D eigenvalue weighted by Crippen LogP contribution is 2.25. The van der Waals surface area contributed by atoms with Gasteiger partial charge < -0.3 is 16.0 Å². The zero-order valence-corrected chi connectivity index (χ0v) is 13.0. The van der Waals surface area contributed by atoms with Gasteiger partial charge in [0.25, 0.3) is 5.91 Å². The molecule has 0 saturated carbocycles. The predicted octanol–water partition coefficient (Wildman–Crippen LogP) is 3.55. The summed E-state index contributed by atoms with van der Waals surface area (Å²) in [5, 5.41) is 3.46. The number of aryl methyl sites for hydroxylation is 1. The normalized spacial score (nSPS) is 10.3. The van der Waals surface area contributed by atoms with E-state index in [0.717, 1.165) is 11.3 Å². The van der Waals surface area contributed by atoms with Gasteiger partial charge in [-0.25, -0.2) is 0 Å². The molecule has 0 fully saturated rings. The summed E-state index contributed by atoms with van der Waals surface area (Å²) in [7, 11) is 3.76. The second-order valence-corrected chi connectivity index (χ2v) is 5.52. The lowest BCUT2D eigenvalue weighted by molar-refractivity contribution is 0.102. The van der Waals surface area contributed by atoms with Crippen molar-refractivity contribution >= 4 is 34.6 Å². The Morgan fingerprint density at radius 1 is 1.19 bits per heavy atom. The van der Waals surface area contributed by atoms with Crippen LogP contribution in [0.1, 0.15) is 15.9 Å². The van der Waals surface area contributed by atoms with E-state index in [1.807, 2.05) is 38.1 Å². The second kappa shape index (κ2) is 6.06. The molecule has 0 unspecified atom stereocenters. The summed E-state index contributed by atoms with van der Waals surface area (Å²) < 4.78 is 0. The van der Waals surface area contributed by atoms with Crippen molar-refractivity contribution in [3.63, 3.8) is 0 Å². The van der Waals surface area contributed by atoms with E-state index in [1.165, 1.54) is 0 Å². The van der Waals surface area contributed by atoms with Crippen molar-refractivity contribution in [2.24, 2.45) is 0 Å². The Balaban J connectivity index is 2.36. The average Bonchev–Trinajstić information content (AvgIpc) is 2.42. The van der Waals surface area contributed by atoms with Gasteiger partial charge in [0.2, 0.25) is 0 Å². The Kier molecular flexibility index (Phi) is 4.38. The van der Waals surface area contributed by atoms with Gasteiger partial charge in [-0.3, -0.25) is 4.79 Å². The van der Waals surface area contributed by atoms with E-state index in [9.17, 15) is 4.79 Å². The summed E-state index contributed by atoms with van der Waals surface area (Å²) in [6.07, 6.45) is 0. The minimum absolute atomic E-state index is 0.212. The number of nitrogens with zero attached hydrogens (tertiary/aromatic N) is 1. The monoisotopic (exact) mass is 303 g/mol.